The zero-order valence-electron chi connectivity index (χ0n) is 14.5. The Balaban J connectivity index is 1.37. The Kier molecular flexibility index (Phi) is 6.14. The molecule has 1 amide bonds. The molecule has 1 heterocycles. The Bertz CT molecular complexity index is 860. The number of amides is 1. The maximum atomic E-state index is 12.8. The number of ether oxygens (including phenoxy) is 1. The van der Waals surface area contributed by atoms with Crippen LogP contribution in [0.25, 0.3) is 10.9 Å². The lowest BCUT2D eigenvalue weighted by Crippen LogP contribution is -2.26. The molecule has 3 rings (SSSR count). The second kappa shape index (κ2) is 8.94. The van der Waals surface area contributed by atoms with E-state index in [2.05, 4.69) is 10.3 Å². The molecule has 26 heavy (non-hydrogen) atoms. The lowest BCUT2D eigenvalue weighted by atomic mass is 10.1. The van der Waals surface area contributed by atoms with E-state index in [-0.39, 0.29) is 11.7 Å². The lowest BCUT2D eigenvalue weighted by Gasteiger charge is -2.08. The molecule has 2 aromatic carbocycles. The largest absolute Gasteiger partial charge is 0.494 e. The Morgan fingerprint density at radius 1 is 1.04 bits per heavy atom. The van der Waals surface area contributed by atoms with Crippen LogP contribution in [0.4, 0.5) is 4.39 Å². The number of fused-ring (bicyclic) bond motifs is 1. The van der Waals surface area contributed by atoms with Crippen LogP contribution in [0.3, 0.4) is 0 Å². The monoisotopic (exact) mass is 352 g/mol. The Morgan fingerprint density at radius 2 is 1.85 bits per heavy atom. The minimum absolute atomic E-state index is 0.0115. The van der Waals surface area contributed by atoms with Crippen molar-refractivity contribution in [3.63, 3.8) is 0 Å². The molecule has 0 unspecified atom stereocenters. The third kappa shape index (κ3) is 5.02. The van der Waals surface area contributed by atoms with Gasteiger partial charge in [-0.2, -0.15) is 0 Å². The van der Waals surface area contributed by atoms with Crippen molar-refractivity contribution in [1.29, 1.82) is 0 Å². The summed E-state index contributed by atoms with van der Waals surface area (Å²) in [6.45, 7) is 1.14. The molecule has 0 spiro atoms. The molecule has 3 aromatic rings. The molecule has 5 heteroatoms. The SMILES string of the molecule is O=C(Cc1cccc2cccnc12)NCCCCOc1ccc(F)cc1. The third-order valence-electron chi connectivity index (χ3n) is 4.04. The highest BCUT2D eigenvalue weighted by molar-refractivity contribution is 5.87. The summed E-state index contributed by atoms with van der Waals surface area (Å²) >= 11 is 0. The Hall–Kier alpha value is -2.95. The summed E-state index contributed by atoms with van der Waals surface area (Å²) in [4.78, 5) is 16.5. The van der Waals surface area contributed by atoms with Gasteiger partial charge in [-0.05, 0) is 48.7 Å². The maximum absolute atomic E-state index is 12.8. The van der Waals surface area contributed by atoms with Gasteiger partial charge < -0.3 is 10.1 Å². The molecule has 0 aliphatic carbocycles. The summed E-state index contributed by atoms with van der Waals surface area (Å²) in [6.07, 6.45) is 3.69. The first-order chi connectivity index (χ1) is 12.7. The molecule has 4 nitrogen and oxygen atoms in total. The summed E-state index contributed by atoms with van der Waals surface area (Å²) in [5.74, 6) is 0.364. The highest BCUT2D eigenvalue weighted by Crippen LogP contribution is 2.16. The van der Waals surface area contributed by atoms with Crippen LogP contribution in [0.5, 0.6) is 5.75 Å². The van der Waals surface area contributed by atoms with E-state index in [9.17, 15) is 9.18 Å². The summed E-state index contributed by atoms with van der Waals surface area (Å²) < 4.78 is 18.3. The number of halogens is 1. The fourth-order valence-corrected chi connectivity index (χ4v) is 2.72. The number of benzene rings is 2. The van der Waals surface area contributed by atoms with Gasteiger partial charge in [0.05, 0.1) is 18.5 Å². The van der Waals surface area contributed by atoms with Crippen LogP contribution in [-0.2, 0) is 11.2 Å². The molecular weight excluding hydrogens is 331 g/mol. The maximum Gasteiger partial charge on any atom is 0.224 e. The van der Waals surface area contributed by atoms with E-state index < -0.39 is 0 Å². The van der Waals surface area contributed by atoms with Gasteiger partial charge in [0.1, 0.15) is 11.6 Å². The number of hydrogen-bond donors (Lipinski definition) is 1. The van der Waals surface area contributed by atoms with E-state index >= 15 is 0 Å². The molecule has 0 saturated carbocycles. The van der Waals surface area contributed by atoms with Crippen LogP contribution < -0.4 is 10.1 Å². The van der Waals surface area contributed by atoms with Crippen LogP contribution in [-0.4, -0.2) is 24.0 Å². The van der Waals surface area contributed by atoms with Crippen LogP contribution in [0, 0.1) is 5.82 Å². The first-order valence-corrected chi connectivity index (χ1v) is 8.70. The number of carbonyl (C=O) groups excluding carboxylic acids is 1. The fourth-order valence-electron chi connectivity index (χ4n) is 2.72. The van der Waals surface area contributed by atoms with Crippen molar-refractivity contribution in [2.24, 2.45) is 0 Å². The predicted molar refractivity (Wildman–Crippen MR) is 99.6 cm³/mol. The van der Waals surface area contributed by atoms with E-state index in [0.717, 1.165) is 29.3 Å². The van der Waals surface area contributed by atoms with E-state index in [1.165, 1.54) is 12.1 Å². The number of nitrogens with zero attached hydrogens (tertiary/aromatic N) is 1. The topological polar surface area (TPSA) is 51.2 Å². The number of pyridine rings is 1. The van der Waals surface area contributed by atoms with Crippen LogP contribution in [0.2, 0.25) is 0 Å². The van der Waals surface area contributed by atoms with Crippen LogP contribution >= 0.6 is 0 Å². The molecule has 0 saturated heterocycles. The third-order valence-corrected chi connectivity index (χ3v) is 4.04. The van der Waals surface area contributed by atoms with Gasteiger partial charge in [0.15, 0.2) is 0 Å². The number of hydrogen-bond acceptors (Lipinski definition) is 3. The van der Waals surface area contributed by atoms with Gasteiger partial charge in [0.2, 0.25) is 5.91 Å². The van der Waals surface area contributed by atoms with E-state index in [1.807, 2.05) is 30.3 Å². The molecular formula is C21H21FN2O2. The predicted octanol–water partition coefficient (Wildman–Crippen LogP) is 3.89. The molecule has 1 aromatic heterocycles. The molecule has 0 aliphatic heterocycles. The van der Waals surface area contributed by atoms with Crippen molar-refractivity contribution in [1.82, 2.24) is 10.3 Å². The summed E-state index contributed by atoms with van der Waals surface area (Å²) in [7, 11) is 0. The number of carbonyl (C=O) groups is 1. The molecule has 0 fully saturated rings. The zero-order chi connectivity index (χ0) is 18.2. The summed E-state index contributed by atoms with van der Waals surface area (Å²) in [5.41, 5.74) is 1.80. The van der Waals surface area contributed by atoms with Crippen molar-refractivity contribution >= 4 is 16.8 Å². The molecule has 0 aliphatic rings. The highest BCUT2D eigenvalue weighted by Gasteiger charge is 2.07. The smallest absolute Gasteiger partial charge is 0.224 e. The summed E-state index contributed by atoms with van der Waals surface area (Å²) in [5, 5.41) is 3.97. The van der Waals surface area contributed by atoms with Gasteiger partial charge in [-0.15, -0.1) is 0 Å². The van der Waals surface area contributed by atoms with E-state index in [4.69, 9.17) is 4.74 Å². The first kappa shape index (κ1) is 17.9. The number of nitrogens with one attached hydrogen (secondary N) is 1. The second-order valence-corrected chi connectivity index (χ2v) is 6.03. The number of rotatable bonds is 8. The fraction of sp³-hybridized carbons (Fsp3) is 0.238. The first-order valence-electron chi connectivity index (χ1n) is 8.70. The normalized spacial score (nSPS) is 10.7. The quantitative estimate of drug-likeness (QED) is 0.626. The zero-order valence-corrected chi connectivity index (χ0v) is 14.5. The lowest BCUT2D eigenvalue weighted by molar-refractivity contribution is -0.120. The minimum Gasteiger partial charge on any atom is -0.494 e. The van der Waals surface area contributed by atoms with Gasteiger partial charge in [0, 0.05) is 18.1 Å². The van der Waals surface area contributed by atoms with Crippen molar-refractivity contribution in [3.8, 4) is 5.75 Å². The molecule has 0 bridgehead atoms. The average Bonchev–Trinajstić information content (AvgIpc) is 2.66. The van der Waals surface area contributed by atoms with E-state index in [0.29, 0.717) is 25.3 Å². The van der Waals surface area contributed by atoms with Crippen molar-refractivity contribution < 1.29 is 13.9 Å². The van der Waals surface area contributed by atoms with Crippen molar-refractivity contribution in [3.05, 3.63) is 72.2 Å². The molecule has 134 valence electrons. The molecule has 0 radical (unpaired) electrons. The molecule has 0 atom stereocenters. The second-order valence-electron chi connectivity index (χ2n) is 6.03. The van der Waals surface area contributed by atoms with Gasteiger partial charge >= 0.3 is 0 Å². The van der Waals surface area contributed by atoms with Gasteiger partial charge in [-0.3, -0.25) is 9.78 Å². The number of aromatic nitrogens is 1. The number of unbranched alkanes of at least 4 members (excludes halogenated alkanes) is 1. The summed E-state index contributed by atoms with van der Waals surface area (Å²) in [6, 6.07) is 15.7. The standard InChI is InChI=1S/C21H21FN2O2/c22-18-8-10-19(11-9-18)26-14-2-1-12-23-20(25)15-17-6-3-5-16-7-4-13-24-21(16)17/h3-11,13H,1-2,12,14-15H2,(H,23,25). The Morgan fingerprint density at radius 3 is 2.69 bits per heavy atom. The van der Waals surface area contributed by atoms with Crippen LogP contribution in [0.15, 0.2) is 60.8 Å². The Labute approximate surface area is 152 Å². The number of para-hydroxylation sites is 1. The van der Waals surface area contributed by atoms with Gasteiger partial charge in [0.25, 0.3) is 0 Å². The minimum atomic E-state index is -0.276. The van der Waals surface area contributed by atoms with Crippen LogP contribution in [0.1, 0.15) is 18.4 Å². The van der Waals surface area contributed by atoms with E-state index in [1.54, 1.807) is 18.3 Å². The van der Waals surface area contributed by atoms with Gasteiger partial charge in [-0.1, -0.05) is 24.3 Å². The average molecular weight is 352 g/mol. The molecule has 1 N–H and O–H groups in total. The van der Waals surface area contributed by atoms with Gasteiger partial charge in [-0.25, -0.2) is 4.39 Å². The highest BCUT2D eigenvalue weighted by atomic mass is 19.1. The van der Waals surface area contributed by atoms with Crippen molar-refractivity contribution in [2.75, 3.05) is 13.2 Å². The van der Waals surface area contributed by atoms with Crippen molar-refractivity contribution in [2.45, 2.75) is 19.3 Å².